The summed E-state index contributed by atoms with van der Waals surface area (Å²) in [6.07, 6.45) is 5.38. The molecule has 0 radical (unpaired) electrons. The van der Waals surface area contributed by atoms with Crippen LogP contribution in [0.5, 0.6) is 0 Å². The van der Waals surface area contributed by atoms with Crippen LogP contribution in [0.2, 0.25) is 10.0 Å². The van der Waals surface area contributed by atoms with E-state index in [1.54, 1.807) is 18.2 Å². The first-order chi connectivity index (χ1) is 20.5. The fourth-order valence-corrected chi connectivity index (χ4v) is 6.80. The fourth-order valence-electron chi connectivity index (χ4n) is 5.37. The SMILES string of the molecule is CS(=O)(=O)N(CCCC(=O)N(Cc1ccc(Cl)cc1Cl)[C@H](Cc1ccccc1)C(=O)NC1CCCC1)c1ccc(F)cc1. The molecule has 2 amide bonds. The van der Waals surface area contributed by atoms with Crippen molar-refractivity contribution in [3.05, 3.63) is 99.8 Å². The zero-order valence-corrected chi connectivity index (χ0v) is 26.3. The number of carbonyl (C=O) groups is 2. The van der Waals surface area contributed by atoms with Gasteiger partial charge in [0, 0.05) is 42.0 Å². The van der Waals surface area contributed by atoms with Crippen LogP contribution in [0.4, 0.5) is 10.1 Å². The first-order valence-electron chi connectivity index (χ1n) is 14.3. The van der Waals surface area contributed by atoms with E-state index >= 15 is 0 Å². The maximum Gasteiger partial charge on any atom is 0.243 e. The molecule has 0 aliphatic heterocycles. The number of sulfonamides is 1. The predicted octanol–water partition coefficient (Wildman–Crippen LogP) is 6.38. The minimum Gasteiger partial charge on any atom is -0.352 e. The van der Waals surface area contributed by atoms with Crippen LogP contribution in [0.15, 0.2) is 72.8 Å². The average molecular weight is 649 g/mol. The highest BCUT2D eigenvalue weighted by atomic mass is 35.5. The first kappa shape index (κ1) is 32.8. The molecule has 230 valence electrons. The largest absolute Gasteiger partial charge is 0.352 e. The molecular formula is C32H36Cl2FN3O4S. The molecule has 7 nitrogen and oxygen atoms in total. The Bertz CT molecular complexity index is 1500. The third kappa shape index (κ3) is 9.42. The third-order valence-electron chi connectivity index (χ3n) is 7.60. The molecule has 1 N–H and O–H groups in total. The van der Waals surface area contributed by atoms with E-state index in [4.69, 9.17) is 23.2 Å². The summed E-state index contributed by atoms with van der Waals surface area (Å²) in [6.45, 7) is 0.0710. The Morgan fingerprint density at radius 3 is 2.30 bits per heavy atom. The topological polar surface area (TPSA) is 86.8 Å². The Balaban J connectivity index is 1.60. The molecule has 1 fully saturated rings. The van der Waals surface area contributed by atoms with Crippen molar-refractivity contribution in [1.29, 1.82) is 0 Å². The highest BCUT2D eigenvalue weighted by Gasteiger charge is 2.32. The van der Waals surface area contributed by atoms with Gasteiger partial charge in [-0.05, 0) is 66.8 Å². The van der Waals surface area contributed by atoms with Crippen molar-refractivity contribution in [2.75, 3.05) is 17.1 Å². The van der Waals surface area contributed by atoms with Crippen LogP contribution in [0.1, 0.15) is 49.7 Å². The number of amides is 2. The van der Waals surface area contributed by atoms with Crippen LogP contribution in [-0.2, 0) is 32.6 Å². The van der Waals surface area contributed by atoms with Gasteiger partial charge in [0.2, 0.25) is 21.8 Å². The molecule has 1 atom stereocenters. The van der Waals surface area contributed by atoms with Crippen LogP contribution in [-0.4, -0.2) is 50.0 Å². The van der Waals surface area contributed by atoms with E-state index in [1.807, 2.05) is 30.3 Å². The van der Waals surface area contributed by atoms with Gasteiger partial charge in [-0.15, -0.1) is 0 Å². The Labute approximate surface area is 263 Å². The van der Waals surface area contributed by atoms with Gasteiger partial charge >= 0.3 is 0 Å². The third-order valence-corrected chi connectivity index (χ3v) is 9.38. The number of nitrogens with one attached hydrogen (secondary N) is 1. The summed E-state index contributed by atoms with van der Waals surface area (Å²) >= 11 is 12.6. The van der Waals surface area contributed by atoms with E-state index in [9.17, 15) is 22.4 Å². The van der Waals surface area contributed by atoms with Crippen LogP contribution < -0.4 is 9.62 Å². The highest BCUT2D eigenvalue weighted by Crippen LogP contribution is 2.26. The van der Waals surface area contributed by atoms with Crippen molar-refractivity contribution < 1.29 is 22.4 Å². The van der Waals surface area contributed by atoms with E-state index < -0.39 is 21.9 Å². The predicted molar refractivity (Wildman–Crippen MR) is 169 cm³/mol. The van der Waals surface area contributed by atoms with E-state index in [-0.39, 0.29) is 43.8 Å². The van der Waals surface area contributed by atoms with Crippen molar-refractivity contribution in [2.24, 2.45) is 0 Å². The number of hydrogen-bond donors (Lipinski definition) is 1. The molecule has 0 spiro atoms. The normalized spacial score (nSPS) is 14.3. The van der Waals surface area contributed by atoms with Gasteiger partial charge in [-0.25, -0.2) is 12.8 Å². The minimum atomic E-state index is -3.70. The average Bonchev–Trinajstić information content (AvgIpc) is 3.47. The summed E-state index contributed by atoms with van der Waals surface area (Å²) in [7, 11) is -3.70. The summed E-state index contributed by atoms with van der Waals surface area (Å²) < 4.78 is 39.7. The number of halogens is 3. The lowest BCUT2D eigenvalue weighted by atomic mass is 10.0. The molecule has 1 aliphatic rings. The van der Waals surface area contributed by atoms with Gasteiger partial charge in [-0.3, -0.25) is 13.9 Å². The van der Waals surface area contributed by atoms with Gasteiger partial charge in [0.25, 0.3) is 0 Å². The summed E-state index contributed by atoms with van der Waals surface area (Å²) in [6, 6.07) is 18.9. The van der Waals surface area contributed by atoms with E-state index in [0.29, 0.717) is 27.7 Å². The molecule has 3 aromatic rings. The van der Waals surface area contributed by atoms with E-state index in [2.05, 4.69) is 5.32 Å². The number of hydrogen-bond acceptors (Lipinski definition) is 4. The zero-order chi connectivity index (χ0) is 31.0. The number of benzene rings is 3. The molecule has 0 saturated heterocycles. The number of rotatable bonds is 13. The number of anilines is 1. The monoisotopic (exact) mass is 647 g/mol. The lowest BCUT2D eigenvalue weighted by molar-refractivity contribution is -0.141. The standard InChI is InChI=1S/C32H36Cl2FN3O4S/c1-43(41,42)38(28-17-15-26(35)16-18-28)19-7-12-31(39)37(22-24-13-14-25(33)21-29(24)34)30(20-23-8-3-2-4-9-23)32(40)36-27-10-5-6-11-27/h2-4,8-9,13-18,21,27,30H,5-7,10-12,19-20,22H2,1H3,(H,36,40)/t30-/m1/s1. The molecule has 43 heavy (non-hydrogen) atoms. The van der Waals surface area contributed by atoms with E-state index in [1.165, 1.54) is 29.2 Å². The Morgan fingerprint density at radius 2 is 1.67 bits per heavy atom. The van der Waals surface area contributed by atoms with Gasteiger partial charge in [0.05, 0.1) is 11.9 Å². The second kappa shape index (κ2) is 15.0. The Morgan fingerprint density at radius 1 is 1.00 bits per heavy atom. The Kier molecular flexibility index (Phi) is 11.5. The summed E-state index contributed by atoms with van der Waals surface area (Å²) in [5.74, 6) is -1.04. The first-order valence-corrected chi connectivity index (χ1v) is 16.9. The van der Waals surface area contributed by atoms with Gasteiger partial charge in [0.15, 0.2) is 0 Å². The zero-order valence-electron chi connectivity index (χ0n) is 24.0. The van der Waals surface area contributed by atoms with Crippen LogP contribution >= 0.6 is 23.2 Å². The second-order valence-corrected chi connectivity index (χ2v) is 13.6. The fraction of sp³-hybridized carbons (Fsp3) is 0.375. The van der Waals surface area contributed by atoms with Crippen LogP contribution in [0, 0.1) is 5.82 Å². The lowest BCUT2D eigenvalue weighted by Crippen LogP contribution is -2.52. The Hall–Kier alpha value is -3.14. The highest BCUT2D eigenvalue weighted by molar-refractivity contribution is 7.92. The number of nitrogens with zero attached hydrogens (tertiary/aromatic N) is 2. The molecule has 1 aliphatic carbocycles. The van der Waals surface area contributed by atoms with Crippen LogP contribution in [0.3, 0.4) is 0 Å². The summed E-state index contributed by atoms with van der Waals surface area (Å²) in [5, 5.41) is 3.99. The summed E-state index contributed by atoms with van der Waals surface area (Å²) in [4.78, 5) is 29.3. The minimum absolute atomic E-state index is 0.00334. The molecular weight excluding hydrogens is 612 g/mol. The quantitative estimate of drug-likeness (QED) is 0.233. The van der Waals surface area contributed by atoms with Crippen molar-refractivity contribution in [3.8, 4) is 0 Å². The van der Waals surface area contributed by atoms with Gasteiger partial charge in [-0.1, -0.05) is 72.4 Å². The maximum atomic E-state index is 14.0. The second-order valence-electron chi connectivity index (χ2n) is 10.9. The number of carbonyl (C=O) groups excluding carboxylic acids is 2. The smallest absolute Gasteiger partial charge is 0.243 e. The van der Waals surface area contributed by atoms with Gasteiger partial charge in [-0.2, -0.15) is 0 Å². The van der Waals surface area contributed by atoms with Crippen molar-refractivity contribution in [2.45, 2.75) is 63.6 Å². The van der Waals surface area contributed by atoms with Gasteiger partial charge < -0.3 is 10.2 Å². The summed E-state index contributed by atoms with van der Waals surface area (Å²) in [5.41, 5.74) is 1.84. The van der Waals surface area contributed by atoms with Crippen molar-refractivity contribution in [3.63, 3.8) is 0 Å². The molecule has 0 aromatic heterocycles. The molecule has 4 rings (SSSR count). The van der Waals surface area contributed by atoms with Gasteiger partial charge in [0.1, 0.15) is 11.9 Å². The molecule has 0 bridgehead atoms. The lowest BCUT2D eigenvalue weighted by Gasteiger charge is -2.33. The molecule has 11 heteroatoms. The van der Waals surface area contributed by atoms with Crippen molar-refractivity contribution in [1.82, 2.24) is 10.2 Å². The molecule has 0 unspecified atom stereocenters. The maximum absolute atomic E-state index is 14.0. The van der Waals surface area contributed by atoms with Crippen LogP contribution in [0.25, 0.3) is 0 Å². The molecule has 3 aromatic carbocycles. The molecule has 0 heterocycles. The molecule has 1 saturated carbocycles. The van der Waals surface area contributed by atoms with Crippen molar-refractivity contribution >= 4 is 50.7 Å². The van der Waals surface area contributed by atoms with E-state index in [0.717, 1.165) is 41.8 Å².